The molecule has 0 N–H and O–H groups in total. The molecule has 1 fully saturated rings. The fourth-order valence-electron chi connectivity index (χ4n) is 1.94. The molecule has 0 radical (unpaired) electrons. The minimum absolute atomic E-state index is 0.128. The summed E-state index contributed by atoms with van der Waals surface area (Å²) in [6, 6.07) is -0.150. The average Bonchev–Trinajstić information content (AvgIpc) is 2.29. The van der Waals surface area contributed by atoms with Gasteiger partial charge in [0.25, 0.3) is 0 Å². The molecule has 4 nitrogen and oxygen atoms in total. The molecule has 94 valence electrons. The molecule has 0 saturated carbocycles. The van der Waals surface area contributed by atoms with Crippen LogP contribution in [0.15, 0.2) is 0 Å². The van der Waals surface area contributed by atoms with E-state index in [4.69, 9.17) is 9.47 Å². The summed E-state index contributed by atoms with van der Waals surface area (Å²) in [4.78, 5) is 13.6. The quantitative estimate of drug-likeness (QED) is 0.666. The van der Waals surface area contributed by atoms with E-state index in [0.717, 1.165) is 32.6 Å². The molecule has 4 heteroatoms. The van der Waals surface area contributed by atoms with Gasteiger partial charge in [-0.15, -0.1) is 0 Å². The van der Waals surface area contributed by atoms with Crippen molar-refractivity contribution in [2.24, 2.45) is 5.92 Å². The second kappa shape index (κ2) is 6.86. The zero-order valence-corrected chi connectivity index (χ0v) is 10.6. The fourth-order valence-corrected chi connectivity index (χ4v) is 1.94. The van der Waals surface area contributed by atoms with Crippen LogP contribution in [0, 0.1) is 5.92 Å². The molecular formula is C12H23NO3. The first-order valence-electron chi connectivity index (χ1n) is 6.09. The first-order chi connectivity index (χ1) is 7.65. The number of carbonyl (C=O) groups excluding carboxylic acids is 1. The molecule has 1 heterocycles. The Balaban J connectivity index is 2.32. The minimum atomic E-state index is -0.150. The van der Waals surface area contributed by atoms with E-state index < -0.39 is 0 Å². The highest BCUT2D eigenvalue weighted by molar-refractivity contribution is 5.75. The number of ether oxygens (including phenoxy) is 2. The van der Waals surface area contributed by atoms with Crippen LogP contribution in [0.4, 0.5) is 0 Å². The van der Waals surface area contributed by atoms with Crippen molar-refractivity contribution < 1.29 is 14.3 Å². The lowest BCUT2D eigenvalue weighted by Crippen LogP contribution is -2.41. The van der Waals surface area contributed by atoms with E-state index in [0.29, 0.717) is 12.5 Å². The number of carbonyl (C=O) groups is 1. The highest BCUT2D eigenvalue weighted by Crippen LogP contribution is 2.16. The maximum atomic E-state index is 11.5. The number of esters is 1. The summed E-state index contributed by atoms with van der Waals surface area (Å²) in [5.74, 6) is 0.521. The molecule has 1 aliphatic rings. The molecule has 0 aliphatic carbocycles. The van der Waals surface area contributed by atoms with E-state index in [1.54, 1.807) is 0 Å². The van der Waals surface area contributed by atoms with E-state index in [-0.39, 0.29) is 12.0 Å². The molecule has 1 unspecified atom stereocenters. The zero-order chi connectivity index (χ0) is 12.0. The van der Waals surface area contributed by atoms with Crippen molar-refractivity contribution in [2.75, 3.05) is 33.4 Å². The van der Waals surface area contributed by atoms with E-state index in [2.05, 4.69) is 4.90 Å². The lowest BCUT2D eigenvalue weighted by molar-refractivity contribution is -0.148. The molecule has 0 aromatic rings. The van der Waals surface area contributed by atoms with E-state index in [9.17, 15) is 4.79 Å². The Bertz CT molecular complexity index is 214. The lowest BCUT2D eigenvalue weighted by atomic mass is 9.99. The first kappa shape index (κ1) is 13.5. The van der Waals surface area contributed by atoms with Gasteiger partial charge in [-0.3, -0.25) is 9.69 Å². The molecular weight excluding hydrogens is 206 g/mol. The lowest BCUT2D eigenvalue weighted by Gasteiger charge is -2.29. The van der Waals surface area contributed by atoms with Gasteiger partial charge in [-0.25, -0.2) is 0 Å². The Morgan fingerprint density at radius 2 is 2.12 bits per heavy atom. The highest BCUT2D eigenvalue weighted by Gasteiger charge is 2.23. The third kappa shape index (κ3) is 4.10. The van der Waals surface area contributed by atoms with Crippen molar-refractivity contribution in [1.82, 2.24) is 4.90 Å². The number of hydrogen-bond acceptors (Lipinski definition) is 4. The Hall–Kier alpha value is -0.610. The molecule has 0 bridgehead atoms. The molecule has 0 spiro atoms. The van der Waals surface area contributed by atoms with Crippen molar-refractivity contribution in [1.29, 1.82) is 0 Å². The summed E-state index contributed by atoms with van der Waals surface area (Å²) in [7, 11) is 1.98. The van der Waals surface area contributed by atoms with E-state index >= 15 is 0 Å². The van der Waals surface area contributed by atoms with Gasteiger partial charge in [-0.1, -0.05) is 0 Å². The molecule has 0 aromatic heterocycles. The number of likely N-dealkylation sites (N-methyl/N-ethyl adjacent to an activating group) is 1. The summed E-state index contributed by atoms with van der Waals surface area (Å²) >= 11 is 0. The van der Waals surface area contributed by atoms with Crippen LogP contribution >= 0.6 is 0 Å². The SMILES string of the molecule is CCOC(=O)C(C)N(C)CC1CCOCC1. The zero-order valence-electron chi connectivity index (χ0n) is 10.6. The van der Waals surface area contributed by atoms with Gasteiger partial charge in [0.1, 0.15) is 6.04 Å². The second-order valence-corrected chi connectivity index (χ2v) is 4.42. The van der Waals surface area contributed by atoms with Crippen molar-refractivity contribution in [3.05, 3.63) is 0 Å². The van der Waals surface area contributed by atoms with Crippen LogP contribution in [0.25, 0.3) is 0 Å². The first-order valence-corrected chi connectivity index (χ1v) is 6.09. The summed E-state index contributed by atoms with van der Waals surface area (Å²) in [5, 5.41) is 0. The van der Waals surface area contributed by atoms with E-state index in [1.807, 2.05) is 20.9 Å². The molecule has 1 atom stereocenters. The largest absolute Gasteiger partial charge is 0.465 e. The van der Waals surface area contributed by atoms with Crippen LogP contribution in [0.2, 0.25) is 0 Å². The van der Waals surface area contributed by atoms with Crippen LogP contribution in [-0.2, 0) is 14.3 Å². The van der Waals surface area contributed by atoms with Gasteiger partial charge in [0, 0.05) is 19.8 Å². The maximum absolute atomic E-state index is 11.5. The van der Waals surface area contributed by atoms with Gasteiger partial charge in [0.15, 0.2) is 0 Å². The van der Waals surface area contributed by atoms with Crippen molar-refractivity contribution in [2.45, 2.75) is 32.7 Å². The molecule has 0 amide bonds. The molecule has 1 saturated heterocycles. The minimum Gasteiger partial charge on any atom is -0.465 e. The fraction of sp³-hybridized carbons (Fsp3) is 0.917. The maximum Gasteiger partial charge on any atom is 0.323 e. The summed E-state index contributed by atoms with van der Waals surface area (Å²) in [5.41, 5.74) is 0. The van der Waals surface area contributed by atoms with Gasteiger partial charge < -0.3 is 9.47 Å². The topological polar surface area (TPSA) is 38.8 Å². The standard InChI is InChI=1S/C12H23NO3/c1-4-16-12(14)10(2)13(3)9-11-5-7-15-8-6-11/h10-11H,4-9H2,1-3H3. The smallest absolute Gasteiger partial charge is 0.323 e. The van der Waals surface area contributed by atoms with E-state index in [1.165, 1.54) is 0 Å². The van der Waals surface area contributed by atoms with Gasteiger partial charge >= 0.3 is 5.97 Å². The third-order valence-electron chi connectivity index (χ3n) is 3.18. The van der Waals surface area contributed by atoms with Gasteiger partial charge in [-0.05, 0) is 39.7 Å². The van der Waals surface area contributed by atoms with Gasteiger partial charge in [0.05, 0.1) is 6.61 Å². The number of nitrogens with zero attached hydrogens (tertiary/aromatic N) is 1. The number of hydrogen-bond donors (Lipinski definition) is 0. The Morgan fingerprint density at radius 3 is 2.69 bits per heavy atom. The predicted molar refractivity (Wildman–Crippen MR) is 62.3 cm³/mol. The van der Waals surface area contributed by atoms with Crippen molar-refractivity contribution >= 4 is 5.97 Å². The Morgan fingerprint density at radius 1 is 1.50 bits per heavy atom. The van der Waals surface area contributed by atoms with Crippen molar-refractivity contribution in [3.8, 4) is 0 Å². The molecule has 16 heavy (non-hydrogen) atoms. The monoisotopic (exact) mass is 229 g/mol. The third-order valence-corrected chi connectivity index (χ3v) is 3.18. The van der Waals surface area contributed by atoms with Crippen LogP contribution in [-0.4, -0.2) is 50.3 Å². The predicted octanol–water partition coefficient (Wildman–Crippen LogP) is 1.30. The molecule has 1 rings (SSSR count). The van der Waals surface area contributed by atoms with Crippen LogP contribution < -0.4 is 0 Å². The summed E-state index contributed by atoms with van der Waals surface area (Å²) in [6.07, 6.45) is 2.19. The second-order valence-electron chi connectivity index (χ2n) is 4.42. The molecule has 1 aliphatic heterocycles. The van der Waals surface area contributed by atoms with Crippen LogP contribution in [0.5, 0.6) is 0 Å². The Labute approximate surface area is 97.9 Å². The van der Waals surface area contributed by atoms with Gasteiger partial charge in [-0.2, -0.15) is 0 Å². The average molecular weight is 229 g/mol. The summed E-state index contributed by atoms with van der Waals surface area (Å²) in [6.45, 7) is 6.84. The Kier molecular flexibility index (Phi) is 5.77. The summed E-state index contributed by atoms with van der Waals surface area (Å²) < 4.78 is 10.3. The highest BCUT2D eigenvalue weighted by atomic mass is 16.5. The van der Waals surface area contributed by atoms with Crippen LogP contribution in [0.3, 0.4) is 0 Å². The van der Waals surface area contributed by atoms with Crippen LogP contribution in [0.1, 0.15) is 26.7 Å². The number of rotatable bonds is 5. The van der Waals surface area contributed by atoms with Crippen molar-refractivity contribution in [3.63, 3.8) is 0 Å². The molecule has 0 aromatic carbocycles. The van der Waals surface area contributed by atoms with Gasteiger partial charge in [0.2, 0.25) is 0 Å². The normalized spacial score (nSPS) is 19.8.